The fourth-order valence-electron chi connectivity index (χ4n) is 8.12. The van der Waals surface area contributed by atoms with Crippen LogP contribution in [0.2, 0.25) is 0 Å². The molecule has 0 fully saturated rings. The summed E-state index contributed by atoms with van der Waals surface area (Å²) in [5.41, 5.74) is 0. The van der Waals surface area contributed by atoms with E-state index >= 15 is 0 Å². The third kappa shape index (κ3) is 44.1. The normalized spacial score (nSPS) is 12.9. The van der Waals surface area contributed by atoms with Gasteiger partial charge in [-0.2, -0.15) is 0 Å². The molecule has 0 heterocycles. The first-order valence-corrected chi connectivity index (χ1v) is 25.4. The summed E-state index contributed by atoms with van der Waals surface area (Å²) in [6.07, 6.45) is 60.7. The van der Waals surface area contributed by atoms with Crippen molar-refractivity contribution in [3.05, 3.63) is 12.2 Å². The highest BCUT2D eigenvalue weighted by Gasteiger charge is 2.18. The number of aliphatic hydroxyl groups is 2. The quantitative estimate of drug-likeness (QED) is 0.0426. The van der Waals surface area contributed by atoms with Crippen LogP contribution < -0.4 is 5.32 Å². The second kappa shape index (κ2) is 47.5. The van der Waals surface area contributed by atoms with Crippen LogP contribution in [0, 0.1) is 0 Å². The Labute approximate surface area is 346 Å². The van der Waals surface area contributed by atoms with Gasteiger partial charge in [-0.25, -0.2) is 0 Å². The number of nitrogens with one attached hydrogen (secondary N) is 1. The number of unbranched alkanes of at least 4 members (excludes halogenated alkanes) is 40. The minimum absolute atomic E-state index is 0.0587. The van der Waals surface area contributed by atoms with Crippen molar-refractivity contribution < 1.29 is 15.0 Å². The lowest BCUT2D eigenvalue weighted by atomic mass is 10.0. The lowest BCUT2D eigenvalue weighted by molar-refractivity contribution is -0.123. The summed E-state index contributed by atoms with van der Waals surface area (Å²) in [6.45, 7) is 4.34. The first kappa shape index (κ1) is 54.1. The molecule has 3 N–H and O–H groups in total. The fraction of sp³-hybridized carbons (Fsp3) is 0.941. The molecule has 0 saturated carbocycles. The van der Waals surface area contributed by atoms with E-state index in [4.69, 9.17) is 0 Å². The van der Waals surface area contributed by atoms with Gasteiger partial charge in [-0.15, -0.1) is 0 Å². The average Bonchev–Trinajstić information content (AvgIpc) is 3.19. The summed E-state index contributed by atoms with van der Waals surface area (Å²) in [7, 11) is 0. The second-order valence-corrected chi connectivity index (χ2v) is 17.6. The van der Waals surface area contributed by atoms with Crippen LogP contribution in [0.5, 0.6) is 0 Å². The SMILES string of the molecule is CCCCCCCCCCCCCCCCCCCCCCCCCCCC/C=C/C(O)C(CO)NC(=O)CCCCCCCCCCCCCCCCC. The van der Waals surface area contributed by atoms with Crippen molar-refractivity contribution in [2.45, 2.75) is 302 Å². The average molecular weight is 776 g/mol. The molecule has 4 heteroatoms. The van der Waals surface area contributed by atoms with Crippen LogP contribution in [0.15, 0.2) is 12.2 Å². The molecular formula is C51H101NO3. The first-order valence-electron chi connectivity index (χ1n) is 25.4. The van der Waals surface area contributed by atoms with E-state index in [0.29, 0.717) is 6.42 Å². The second-order valence-electron chi connectivity index (χ2n) is 17.6. The maximum absolute atomic E-state index is 12.4. The van der Waals surface area contributed by atoms with E-state index in [1.54, 1.807) is 6.08 Å². The van der Waals surface area contributed by atoms with Gasteiger partial charge in [-0.05, 0) is 19.3 Å². The van der Waals surface area contributed by atoms with Gasteiger partial charge in [0.15, 0.2) is 0 Å². The Morgan fingerprint density at radius 2 is 0.673 bits per heavy atom. The maximum atomic E-state index is 12.4. The molecule has 0 aliphatic rings. The molecule has 0 aromatic carbocycles. The molecule has 0 spiro atoms. The van der Waals surface area contributed by atoms with Crippen molar-refractivity contribution >= 4 is 5.91 Å². The minimum Gasteiger partial charge on any atom is -0.394 e. The summed E-state index contributed by atoms with van der Waals surface area (Å²) in [4.78, 5) is 12.4. The van der Waals surface area contributed by atoms with Gasteiger partial charge in [-0.1, -0.05) is 276 Å². The summed E-state index contributed by atoms with van der Waals surface area (Å²) < 4.78 is 0. The summed E-state index contributed by atoms with van der Waals surface area (Å²) in [5.74, 6) is -0.0587. The molecule has 55 heavy (non-hydrogen) atoms. The molecule has 2 atom stereocenters. The minimum atomic E-state index is -0.834. The van der Waals surface area contributed by atoms with Crippen molar-refractivity contribution in [2.75, 3.05) is 6.61 Å². The van der Waals surface area contributed by atoms with Gasteiger partial charge in [0.25, 0.3) is 0 Å². The fourth-order valence-corrected chi connectivity index (χ4v) is 8.12. The van der Waals surface area contributed by atoms with Crippen LogP contribution in [0.3, 0.4) is 0 Å². The summed E-state index contributed by atoms with van der Waals surface area (Å²) >= 11 is 0. The van der Waals surface area contributed by atoms with E-state index < -0.39 is 12.1 Å². The summed E-state index contributed by atoms with van der Waals surface area (Å²) in [5, 5.41) is 23.1. The van der Waals surface area contributed by atoms with Crippen LogP contribution in [0.1, 0.15) is 290 Å². The number of hydrogen-bond acceptors (Lipinski definition) is 3. The van der Waals surface area contributed by atoms with Gasteiger partial charge in [0, 0.05) is 6.42 Å². The Bertz CT molecular complexity index is 754. The molecule has 1 amide bonds. The lowest BCUT2D eigenvalue weighted by Gasteiger charge is -2.20. The number of carbonyl (C=O) groups is 1. The molecule has 0 radical (unpaired) electrons. The predicted molar refractivity (Wildman–Crippen MR) is 244 cm³/mol. The Morgan fingerprint density at radius 1 is 0.418 bits per heavy atom. The van der Waals surface area contributed by atoms with Gasteiger partial charge >= 0.3 is 0 Å². The number of hydrogen-bond donors (Lipinski definition) is 3. The van der Waals surface area contributed by atoms with Crippen LogP contribution in [-0.4, -0.2) is 34.9 Å². The Kier molecular flexibility index (Phi) is 46.8. The Hall–Kier alpha value is -0.870. The van der Waals surface area contributed by atoms with Crippen LogP contribution >= 0.6 is 0 Å². The van der Waals surface area contributed by atoms with E-state index in [-0.39, 0.29) is 12.5 Å². The lowest BCUT2D eigenvalue weighted by Crippen LogP contribution is -2.45. The molecule has 0 aromatic heterocycles. The monoisotopic (exact) mass is 776 g/mol. The number of allylic oxidation sites excluding steroid dienone is 1. The van der Waals surface area contributed by atoms with E-state index in [1.807, 2.05) is 6.08 Å². The predicted octanol–water partition coefficient (Wildman–Crippen LogP) is 16.2. The number of rotatable bonds is 47. The van der Waals surface area contributed by atoms with Gasteiger partial charge in [-0.3, -0.25) is 4.79 Å². The molecule has 4 nitrogen and oxygen atoms in total. The molecule has 0 aromatic rings. The highest BCUT2D eigenvalue weighted by atomic mass is 16.3. The molecular weight excluding hydrogens is 675 g/mol. The van der Waals surface area contributed by atoms with Crippen LogP contribution in [0.25, 0.3) is 0 Å². The molecule has 0 rings (SSSR count). The van der Waals surface area contributed by atoms with Gasteiger partial charge in [0.05, 0.1) is 18.8 Å². The standard InChI is InChI=1S/C51H101NO3/c1-3-5-7-9-11-13-15-17-19-20-21-22-23-24-25-26-27-28-29-30-31-33-34-36-38-40-42-44-46-50(54)49(48-53)52-51(55)47-45-43-41-39-37-35-32-18-16-14-12-10-8-6-4-2/h44,46,49-50,53-54H,3-43,45,47-48H2,1-2H3,(H,52,55)/b46-44+. The van der Waals surface area contributed by atoms with Crippen LogP contribution in [0.4, 0.5) is 0 Å². The molecule has 0 aliphatic heterocycles. The van der Waals surface area contributed by atoms with Crippen molar-refractivity contribution in [3.63, 3.8) is 0 Å². The zero-order chi connectivity index (χ0) is 40.0. The third-order valence-electron chi connectivity index (χ3n) is 12.0. The molecule has 0 aliphatic carbocycles. The number of amides is 1. The third-order valence-corrected chi connectivity index (χ3v) is 12.0. The molecule has 2 unspecified atom stereocenters. The Morgan fingerprint density at radius 3 is 0.945 bits per heavy atom. The van der Waals surface area contributed by atoms with Crippen molar-refractivity contribution in [3.8, 4) is 0 Å². The van der Waals surface area contributed by atoms with E-state index in [9.17, 15) is 15.0 Å². The van der Waals surface area contributed by atoms with Gasteiger partial charge in [0.1, 0.15) is 0 Å². The highest BCUT2D eigenvalue weighted by molar-refractivity contribution is 5.76. The molecule has 0 saturated heterocycles. The van der Waals surface area contributed by atoms with Crippen molar-refractivity contribution in [1.82, 2.24) is 5.32 Å². The topological polar surface area (TPSA) is 69.6 Å². The van der Waals surface area contributed by atoms with Crippen molar-refractivity contribution in [2.24, 2.45) is 0 Å². The van der Waals surface area contributed by atoms with Crippen LogP contribution in [-0.2, 0) is 4.79 Å². The molecule has 328 valence electrons. The number of carbonyl (C=O) groups excluding carboxylic acids is 1. The van der Waals surface area contributed by atoms with E-state index in [1.165, 1.54) is 244 Å². The Balaban J connectivity index is 3.45. The highest BCUT2D eigenvalue weighted by Crippen LogP contribution is 2.17. The van der Waals surface area contributed by atoms with E-state index in [0.717, 1.165) is 25.7 Å². The van der Waals surface area contributed by atoms with E-state index in [2.05, 4.69) is 19.2 Å². The molecule has 0 bridgehead atoms. The summed E-state index contributed by atoms with van der Waals surface area (Å²) in [6, 6.07) is -0.617. The number of aliphatic hydroxyl groups excluding tert-OH is 2. The first-order chi connectivity index (χ1) is 27.2. The van der Waals surface area contributed by atoms with Gasteiger partial charge in [0.2, 0.25) is 5.91 Å². The van der Waals surface area contributed by atoms with Crippen molar-refractivity contribution in [1.29, 1.82) is 0 Å². The van der Waals surface area contributed by atoms with Gasteiger partial charge < -0.3 is 15.5 Å². The smallest absolute Gasteiger partial charge is 0.220 e. The zero-order valence-electron chi connectivity index (χ0n) is 37.7. The zero-order valence-corrected chi connectivity index (χ0v) is 37.7. The largest absolute Gasteiger partial charge is 0.394 e. The maximum Gasteiger partial charge on any atom is 0.220 e.